The van der Waals surface area contributed by atoms with Crippen molar-refractivity contribution >= 4 is 12.6 Å². The minimum atomic E-state index is -1.57. The molecule has 0 spiro atoms. The molecule has 1 nitrogen and oxygen atoms in total. The van der Waals surface area contributed by atoms with Crippen LogP contribution in [-0.4, -0.2) is 0 Å². The van der Waals surface area contributed by atoms with Crippen LogP contribution in [0.2, 0.25) is 0 Å². The van der Waals surface area contributed by atoms with Gasteiger partial charge < -0.3 is 4.42 Å². The van der Waals surface area contributed by atoms with Gasteiger partial charge in [0, 0.05) is 0 Å². The second-order valence-corrected chi connectivity index (χ2v) is 1.76. The van der Waals surface area contributed by atoms with Crippen LogP contribution in [0.4, 0.5) is 13.2 Å². The summed E-state index contributed by atoms with van der Waals surface area (Å²) < 4.78 is 39.2. The number of thiol groups is 1. The molecule has 1 aromatic heterocycles. The van der Waals surface area contributed by atoms with Gasteiger partial charge in [0.1, 0.15) is 4.90 Å². The molecule has 1 rings (SSSR count). The maximum absolute atomic E-state index is 12.0. The van der Waals surface area contributed by atoms with E-state index in [0.29, 0.717) is 0 Å². The van der Waals surface area contributed by atoms with Crippen molar-refractivity contribution < 1.29 is 17.6 Å². The predicted molar refractivity (Wildman–Crippen MR) is 25.8 cm³/mol. The maximum atomic E-state index is 12.0. The summed E-state index contributed by atoms with van der Waals surface area (Å²) in [4.78, 5) is -0.729. The van der Waals surface area contributed by atoms with E-state index in [1.54, 1.807) is 0 Å². The Kier molecular flexibility index (Phi) is 1.44. The van der Waals surface area contributed by atoms with Crippen LogP contribution in [0.3, 0.4) is 0 Å². The van der Waals surface area contributed by atoms with Crippen LogP contribution in [0.25, 0.3) is 0 Å². The summed E-state index contributed by atoms with van der Waals surface area (Å²) >= 11 is 3.25. The fraction of sp³-hybridized carbons (Fsp3) is 0. The molecule has 0 N–H and O–H groups in total. The first kappa shape index (κ1) is 6.54. The van der Waals surface area contributed by atoms with Gasteiger partial charge in [-0.25, -0.2) is 0 Å². The smallest absolute Gasteiger partial charge is 0.317 e. The molecule has 1 heterocycles. The Bertz CT molecular complexity index is 209. The minimum Gasteiger partial charge on any atom is -0.401 e. The quantitative estimate of drug-likeness (QED) is 0.564. The molecule has 5 heteroatoms. The zero-order valence-electron chi connectivity index (χ0n) is 3.99. The zero-order chi connectivity index (χ0) is 7.02. The van der Waals surface area contributed by atoms with E-state index >= 15 is 0 Å². The number of hydrogen-bond acceptors (Lipinski definition) is 2. The molecular formula is C4HF3OS. The zero-order valence-corrected chi connectivity index (χ0v) is 4.88. The topological polar surface area (TPSA) is 13.1 Å². The van der Waals surface area contributed by atoms with Crippen molar-refractivity contribution in [3.05, 3.63) is 17.8 Å². The molecule has 50 valence electrons. The van der Waals surface area contributed by atoms with E-state index in [1.165, 1.54) is 0 Å². The van der Waals surface area contributed by atoms with Gasteiger partial charge in [0.2, 0.25) is 5.82 Å². The Morgan fingerprint density at radius 2 is 1.67 bits per heavy atom. The Labute approximate surface area is 53.9 Å². The monoisotopic (exact) mass is 154 g/mol. The molecule has 0 amide bonds. The van der Waals surface area contributed by atoms with Crippen molar-refractivity contribution in [2.45, 2.75) is 4.90 Å². The van der Waals surface area contributed by atoms with Crippen molar-refractivity contribution in [3.8, 4) is 0 Å². The van der Waals surface area contributed by atoms with Crippen LogP contribution in [0.1, 0.15) is 0 Å². The average Bonchev–Trinajstić information content (AvgIpc) is 1.98. The SMILES string of the molecule is Fc1oc(F)c(S)c1F. The van der Waals surface area contributed by atoms with Gasteiger partial charge in [-0.2, -0.15) is 13.2 Å². The Hall–Kier alpha value is -0.580. The van der Waals surface area contributed by atoms with Crippen molar-refractivity contribution in [1.29, 1.82) is 0 Å². The van der Waals surface area contributed by atoms with Gasteiger partial charge in [-0.05, 0) is 0 Å². The lowest BCUT2D eigenvalue weighted by Gasteiger charge is -1.75. The first-order valence-corrected chi connectivity index (χ1v) is 2.40. The Balaban J connectivity index is 3.29. The third-order valence-electron chi connectivity index (χ3n) is 0.746. The normalized spacial score (nSPS) is 10.2. The van der Waals surface area contributed by atoms with Crippen LogP contribution in [0.5, 0.6) is 0 Å². The first-order valence-electron chi connectivity index (χ1n) is 1.95. The molecule has 9 heavy (non-hydrogen) atoms. The van der Waals surface area contributed by atoms with Gasteiger partial charge >= 0.3 is 6.01 Å². The van der Waals surface area contributed by atoms with Crippen LogP contribution in [0, 0.1) is 17.8 Å². The summed E-state index contributed by atoms with van der Waals surface area (Å²) in [6, 6.07) is -2.91. The number of rotatable bonds is 0. The largest absolute Gasteiger partial charge is 0.401 e. The van der Waals surface area contributed by atoms with Crippen LogP contribution in [-0.2, 0) is 0 Å². The van der Waals surface area contributed by atoms with E-state index in [9.17, 15) is 13.2 Å². The second-order valence-electron chi connectivity index (χ2n) is 1.31. The highest BCUT2D eigenvalue weighted by atomic mass is 32.1. The molecule has 0 unspecified atom stereocenters. The van der Waals surface area contributed by atoms with E-state index in [0.717, 1.165) is 0 Å². The first-order chi connectivity index (χ1) is 4.13. The molecule has 0 saturated heterocycles. The fourth-order valence-corrected chi connectivity index (χ4v) is 0.485. The minimum absolute atomic E-state index is 0.729. The lowest BCUT2D eigenvalue weighted by atomic mass is 10.6. The van der Waals surface area contributed by atoms with Crippen LogP contribution < -0.4 is 0 Å². The molecular weight excluding hydrogens is 153 g/mol. The van der Waals surface area contributed by atoms with Gasteiger partial charge in [-0.1, -0.05) is 0 Å². The number of furan rings is 1. The predicted octanol–water partition coefficient (Wildman–Crippen LogP) is 1.99. The highest BCUT2D eigenvalue weighted by Crippen LogP contribution is 2.21. The molecule has 0 atom stereocenters. The highest BCUT2D eigenvalue weighted by Gasteiger charge is 2.16. The number of halogens is 3. The summed E-state index contributed by atoms with van der Waals surface area (Å²) in [6.07, 6.45) is 0. The Morgan fingerprint density at radius 3 is 1.78 bits per heavy atom. The average molecular weight is 154 g/mol. The van der Waals surface area contributed by atoms with E-state index in [1.807, 2.05) is 0 Å². The van der Waals surface area contributed by atoms with Gasteiger partial charge in [0.25, 0.3) is 6.01 Å². The highest BCUT2D eigenvalue weighted by molar-refractivity contribution is 7.80. The maximum Gasteiger partial charge on any atom is 0.317 e. The lowest BCUT2D eigenvalue weighted by Crippen LogP contribution is -1.72. The fourth-order valence-electron chi connectivity index (χ4n) is 0.351. The molecule has 0 radical (unpaired) electrons. The Morgan fingerprint density at radius 1 is 1.11 bits per heavy atom. The van der Waals surface area contributed by atoms with Crippen LogP contribution in [0.15, 0.2) is 9.31 Å². The molecule has 0 aromatic carbocycles. The molecule has 0 bridgehead atoms. The van der Waals surface area contributed by atoms with E-state index in [-0.39, 0.29) is 0 Å². The number of hydrogen-bond donors (Lipinski definition) is 1. The molecule has 0 saturated carbocycles. The van der Waals surface area contributed by atoms with Gasteiger partial charge in [0.05, 0.1) is 0 Å². The van der Waals surface area contributed by atoms with Crippen molar-refractivity contribution in [2.24, 2.45) is 0 Å². The third kappa shape index (κ3) is 0.917. The van der Waals surface area contributed by atoms with Crippen molar-refractivity contribution in [2.75, 3.05) is 0 Å². The molecule has 1 aromatic rings. The summed E-state index contributed by atoms with van der Waals surface area (Å²) in [7, 11) is 0. The van der Waals surface area contributed by atoms with Crippen LogP contribution >= 0.6 is 12.6 Å². The standard InChI is InChI=1S/C4HF3OS/c5-1-2(9)4(7)8-3(1)6/h9H. The molecule has 0 aliphatic carbocycles. The van der Waals surface area contributed by atoms with Crippen molar-refractivity contribution in [3.63, 3.8) is 0 Å². The summed E-state index contributed by atoms with van der Waals surface area (Å²) in [6.45, 7) is 0. The summed E-state index contributed by atoms with van der Waals surface area (Å²) in [5.41, 5.74) is 0. The molecule has 0 aliphatic heterocycles. The lowest BCUT2D eigenvalue weighted by molar-refractivity contribution is 0.251. The third-order valence-corrected chi connectivity index (χ3v) is 1.12. The molecule has 0 aliphatic rings. The molecule has 0 fully saturated rings. The van der Waals surface area contributed by atoms with Gasteiger partial charge in [-0.3, -0.25) is 0 Å². The summed E-state index contributed by atoms with van der Waals surface area (Å²) in [5.74, 6) is -1.39. The van der Waals surface area contributed by atoms with E-state index in [4.69, 9.17) is 0 Å². The second kappa shape index (κ2) is 1.98. The summed E-state index contributed by atoms with van der Waals surface area (Å²) in [5, 5.41) is 0. The van der Waals surface area contributed by atoms with E-state index in [2.05, 4.69) is 17.0 Å². The van der Waals surface area contributed by atoms with Gasteiger partial charge in [0.15, 0.2) is 0 Å². The van der Waals surface area contributed by atoms with Crippen molar-refractivity contribution in [1.82, 2.24) is 0 Å². The van der Waals surface area contributed by atoms with E-state index < -0.39 is 22.7 Å². The van der Waals surface area contributed by atoms with Gasteiger partial charge in [-0.15, -0.1) is 12.6 Å².